The van der Waals surface area contributed by atoms with Crippen molar-refractivity contribution in [2.75, 3.05) is 0 Å². The standard InChI is InChI=1S/C12H16BrClOS/c1-6-7(2)15-8(3)11(6)12(13)9-4-5-10(14)16-9/h4-8,11-12H,1-3H3. The van der Waals surface area contributed by atoms with E-state index < -0.39 is 0 Å². The third kappa shape index (κ3) is 2.33. The van der Waals surface area contributed by atoms with Gasteiger partial charge in [0, 0.05) is 10.8 Å². The van der Waals surface area contributed by atoms with Crippen LogP contribution in [0.1, 0.15) is 30.5 Å². The lowest BCUT2D eigenvalue weighted by Crippen LogP contribution is -2.21. The number of thiophene rings is 1. The Morgan fingerprint density at radius 1 is 1.31 bits per heavy atom. The van der Waals surface area contributed by atoms with Crippen molar-refractivity contribution in [3.63, 3.8) is 0 Å². The first-order chi connectivity index (χ1) is 7.50. The molecule has 90 valence electrons. The summed E-state index contributed by atoms with van der Waals surface area (Å²) in [6, 6.07) is 4.07. The smallest absolute Gasteiger partial charge is 0.0931 e. The summed E-state index contributed by atoms with van der Waals surface area (Å²) in [5, 5.41) is 0. The number of ether oxygens (including phenoxy) is 1. The van der Waals surface area contributed by atoms with Crippen LogP contribution in [0.3, 0.4) is 0 Å². The Hall–Kier alpha value is 0.430. The number of rotatable bonds is 2. The van der Waals surface area contributed by atoms with Gasteiger partial charge in [0.25, 0.3) is 0 Å². The number of halogens is 2. The van der Waals surface area contributed by atoms with E-state index in [0.29, 0.717) is 28.9 Å². The lowest BCUT2D eigenvalue weighted by Gasteiger charge is -2.23. The summed E-state index contributed by atoms with van der Waals surface area (Å²) >= 11 is 11.4. The van der Waals surface area contributed by atoms with Gasteiger partial charge in [-0.2, -0.15) is 0 Å². The molecule has 1 nitrogen and oxygen atoms in total. The quantitative estimate of drug-likeness (QED) is 0.704. The van der Waals surface area contributed by atoms with Crippen LogP contribution in [-0.4, -0.2) is 12.2 Å². The summed E-state index contributed by atoms with van der Waals surface area (Å²) in [5.74, 6) is 1.09. The molecule has 0 amide bonds. The van der Waals surface area contributed by atoms with Gasteiger partial charge in [0.1, 0.15) is 0 Å². The first-order valence-electron chi connectivity index (χ1n) is 5.55. The topological polar surface area (TPSA) is 9.23 Å². The maximum Gasteiger partial charge on any atom is 0.0931 e. The van der Waals surface area contributed by atoms with Gasteiger partial charge >= 0.3 is 0 Å². The van der Waals surface area contributed by atoms with Crippen LogP contribution in [-0.2, 0) is 4.74 Å². The molecule has 1 fully saturated rings. The van der Waals surface area contributed by atoms with Gasteiger partial charge in [0.2, 0.25) is 0 Å². The average Bonchev–Trinajstić information content (AvgIpc) is 2.73. The third-order valence-electron chi connectivity index (χ3n) is 3.52. The monoisotopic (exact) mass is 322 g/mol. The summed E-state index contributed by atoms with van der Waals surface area (Å²) in [4.78, 5) is 1.64. The molecule has 0 N–H and O–H groups in total. The van der Waals surface area contributed by atoms with E-state index in [0.717, 1.165) is 4.34 Å². The largest absolute Gasteiger partial charge is 0.375 e. The van der Waals surface area contributed by atoms with Crippen LogP contribution >= 0.6 is 38.9 Å². The lowest BCUT2D eigenvalue weighted by atomic mass is 9.86. The summed E-state index contributed by atoms with van der Waals surface area (Å²) in [6.07, 6.45) is 0.644. The van der Waals surface area contributed by atoms with Crippen LogP contribution in [0.25, 0.3) is 0 Å². The molecule has 0 saturated carbocycles. The van der Waals surface area contributed by atoms with Gasteiger partial charge in [0.15, 0.2) is 0 Å². The fraction of sp³-hybridized carbons (Fsp3) is 0.667. The van der Waals surface area contributed by atoms with Crippen molar-refractivity contribution in [3.05, 3.63) is 21.3 Å². The molecule has 0 bridgehead atoms. The molecule has 0 spiro atoms. The molecular formula is C12H16BrClOS. The second kappa shape index (κ2) is 4.97. The molecule has 1 aromatic heterocycles. The van der Waals surface area contributed by atoms with Gasteiger partial charge in [-0.15, -0.1) is 11.3 Å². The van der Waals surface area contributed by atoms with Gasteiger partial charge in [-0.1, -0.05) is 34.5 Å². The minimum atomic E-state index is 0.301. The van der Waals surface area contributed by atoms with E-state index in [2.05, 4.69) is 42.8 Å². The molecule has 4 heteroatoms. The van der Waals surface area contributed by atoms with E-state index in [-0.39, 0.29) is 0 Å². The molecule has 1 aliphatic heterocycles. The fourth-order valence-electron chi connectivity index (χ4n) is 2.46. The highest BCUT2D eigenvalue weighted by molar-refractivity contribution is 9.09. The number of hydrogen-bond acceptors (Lipinski definition) is 2. The van der Waals surface area contributed by atoms with Crippen LogP contribution in [0.5, 0.6) is 0 Å². The van der Waals surface area contributed by atoms with E-state index in [9.17, 15) is 0 Å². The second-order valence-electron chi connectivity index (χ2n) is 4.53. The van der Waals surface area contributed by atoms with Gasteiger partial charge < -0.3 is 4.74 Å². The van der Waals surface area contributed by atoms with E-state index >= 15 is 0 Å². The van der Waals surface area contributed by atoms with Crippen molar-refractivity contribution in [3.8, 4) is 0 Å². The van der Waals surface area contributed by atoms with Crippen LogP contribution in [0.2, 0.25) is 4.34 Å². The van der Waals surface area contributed by atoms with Crippen LogP contribution < -0.4 is 0 Å². The Morgan fingerprint density at radius 3 is 2.44 bits per heavy atom. The first-order valence-corrected chi connectivity index (χ1v) is 7.66. The minimum Gasteiger partial charge on any atom is -0.375 e. The molecule has 0 radical (unpaired) electrons. The Bertz CT molecular complexity index is 368. The van der Waals surface area contributed by atoms with E-state index in [1.807, 2.05) is 6.07 Å². The minimum absolute atomic E-state index is 0.301. The van der Waals surface area contributed by atoms with Gasteiger partial charge in [0.05, 0.1) is 21.4 Å². The molecule has 2 rings (SSSR count). The normalized spacial score (nSPS) is 36.6. The average molecular weight is 324 g/mol. The van der Waals surface area contributed by atoms with Gasteiger partial charge in [-0.3, -0.25) is 0 Å². The lowest BCUT2D eigenvalue weighted by molar-refractivity contribution is 0.0511. The Morgan fingerprint density at radius 2 is 2.00 bits per heavy atom. The van der Waals surface area contributed by atoms with E-state index in [1.54, 1.807) is 11.3 Å². The Balaban J connectivity index is 2.18. The van der Waals surface area contributed by atoms with Crippen LogP contribution in [0, 0.1) is 11.8 Å². The molecule has 2 heterocycles. The SMILES string of the molecule is CC1OC(C)C(C(Br)c2ccc(Cl)s2)C1C. The highest BCUT2D eigenvalue weighted by Crippen LogP contribution is 2.46. The van der Waals surface area contributed by atoms with Crippen LogP contribution in [0.4, 0.5) is 0 Å². The maximum atomic E-state index is 5.98. The molecule has 5 unspecified atom stereocenters. The van der Waals surface area contributed by atoms with Crippen molar-refractivity contribution in [2.45, 2.75) is 37.8 Å². The summed E-state index contributed by atoms with van der Waals surface area (Å²) < 4.78 is 6.73. The summed E-state index contributed by atoms with van der Waals surface area (Å²) in [5.41, 5.74) is 0. The molecule has 1 saturated heterocycles. The summed E-state index contributed by atoms with van der Waals surface area (Å²) in [7, 11) is 0. The second-order valence-corrected chi connectivity index (χ2v) is 7.26. The van der Waals surface area contributed by atoms with E-state index in [4.69, 9.17) is 16.3 Å². The zero-order chi connectivity index (χ0) is 11.9. The van der Waals surface area contributed by atoms with Crippen molar-refractivity contribution in [1.29, 1.82) is 0 Å². The van der Waals surface area contributed by atoms with Crippen molar-refractivity contribution in [2.24, 2.45) is 11.8 Å². The highest BCUT2D eigenvalue weighted by atomic mass is 79.9. The Labute approximate surface area is 114 Å². The fourth-order valence-corrected chi connectivity index (χ4v) is 4.91. The highest BCUT2D eigenvalue weighted by Gasteiger charge is 2.41. The summed E-state index contributed by atoms with van der Waals surface area (Å²) in [6.45, 7) is 6.58. The molecule has 0 aliphatic carbocycles. The zero-order valence-electron chi connectivity index (χ0n) is 9.61. The van der Waals surface area contributed by atoms with Gasteiger partial charge in [-0.05, 0) is 31.9 Å². The molecule has 0 aromatic carbocycles. The van der Waals surface area contributed by atoms with Crippen LogP contribution in [0.15, 0.2) is 12.1 Å². The maximum absolute atomic E-state index is 5.98. The number of hydrogen-bond donors (Lipinski definition) is 0. The van der Waals surface area contributed by atoms with Crippen molar-refractivity contribution in [1.82, 2.24) is 0 Å². The van der Waals surface area contributed by atoms with Crippen molar-refractivity contribution < 1.29 is 4.74 Å². The molecule has 5 atom stereocenters. The third-order valence-corrected chi connectivity index (χ3v) is 6.24. The molecule has 1 aliphatic rings. The van der Waals surface area contributed by atoms with Gasteiger partial charge in [-0.25, -0.2) is 0 Å². The van der Waals surface area contributed by atoms with Crippen molar-refractivity contribution >= 4 is 38.9 Å². The predicted octanol–water partition coefficient (Wildman–Crippen LogP) is 4.90. The first kappa shape index (κ1) is 12.9. The molecule has 16 heavy (non-hydrogen) atoms. The molecule has 1 aromatic rings. The van der Waals surface area contributed by atoms with E-state index in [1.165, 1.54) is 4.88 Å². The zero-order valence-corrected chi connectivity index (χ0v) is 12.8. The molecular weight excluding hydrogens is 308 g/mol. The Kier molecular flexibility index (Phi) is 4.00. The predicted molar refractivity (Wildman–Crippen MR) is 73.7 cm³/mol. The number of alkyl halides is 1.